The normalized spacial score (nSPS) is 11.2. The fraction of sp³-hybridized carbons (Fsp3) is 0.208. The Bertz CT molecular complexity index is 1090. The van der Waals surface area contributed by atoms with Crippen molar-refractivity contribution in [2.24, 2.45) is 5.92 Å². The van der Waals surface area contributed by atoms with Crippen molar-refractivity contribution in [3.05, 3.63) is 84.4 Å². The molecule has 0 aromatic heterocycles. The van der Waals surface area contributed by atoms with Crippen molar-refractivity contribution in [3.8, 4) is 5.75 Å². The Morgan fingerprint density at radius 2 is 1.52 bits per heavy atom. The molecule has 0 unspecified atom stereocenters. The predicted molar refractivity (Wildman–Crippen MR) is 123 cm³/mol. The molecule has 0 bridgehead atoms. The maximum absolute atomic E-state index is 12.5. The van der Waals surface area contributed by atoms with Crippen molar-refractivity contribution in [2.45, 2.75) is 25.2 Å². The smallest absolute Gasteiger partial charge is 0.261 e. The Balaban J connectivity index is 1.59. The quantitative estimate of drug-likeness (QED) is 0.483. The van der Waals surface area contributed by atoms with E-state index in [1.807, 2.05) is 6.07 Å². The minimum atomic E-state index is -3.71. The summed E-state index contributed by atoms with van der Waals surface area (Å²) in [4.78, 5) is 12.6. The number of hydrogen-bond acceptors (Lipinski definition) is 4. The first-order valence-electron chi connectivity index (χ1n) is 10.1. The molecule has 1 amide bonds. The lowest BCUT2D eigenvalue weighted by Gasteiger charge is -2.10. The van der Waals surface area contributed by atoms with Gasteiger partial charge in [-0.3, -0.25) is 9.52 Å². The van der Waals surface area contributed by atoms with Gasteiger partial charge in [0.25, 0.3) is 15.9 Å². The average molecular weight is 439 g/mol. The fourth-order valence-corrected chi connectivity index (χ4v) is 3.81. The Morgan fingerprint density at radius 1 is 0.871 bits per heavy atom. The minimum Gasteiger partial charge on any atom is -0.494 e. The molecular weight excluding hydrogens is 412 g/mol. The Kier molecular flexibility index (Phi) is 7.31. The molecule has 0 aliphatic heterocycles. The number of benzene rings is 3. The van der Waals surface area contributed by atoms with Gasteiger partial charge in [-0.25, -0.2) is 8.42 Å². The zero-order valence-electron chi connectivity index (χ0n) is 17.5. The summed E-state index contributed by atoms with van der Waals surface area (Å²) in [5, 5.41) is 2.77. The highest BCUT2D eigenvalue weighted by molar-refractivity contribution is 7.92. The van der Waals surface area contributed by atoms with Gasteiger partial charge in [-0.15, -0.1) is 0 Å². The molecule has 0 fully saturated rings. The summed E-state index contributed by atoms with van der Waals surface area (Å²) in [6, 6.07) is 21.6. The summed E-state index contributed by atoms with van der Waals surface area (Å²) < 4.78 is 33.2. The van der Waals surface area contributed by atoms with Crippen LogP contribution in [0.1, 0.15) is 30.6 Å². The van der Waals surface area contributed by atoms with Gasteiger partial charge in [0, 0.05) is 16.9 Å². The van der Waals surface area contributed by atoms with Gasteiger partial charge in [0.1, 0.15) is 5.75 Å². The molecule has 0 radical (unpaired) electrons. The molecule has 0 aliphatic rings. The van der Waals surface area contributed by atoms with Gasteiger partial charge in [0.05, 0.1) is 11.5 Å². The first kappa shape index (κ1) is 22.4. The summed E-state index contributed by atoms with van der Waals surface area (Å²) in [6.45, 7) is 4.91. The molecule has 3 rings (SSSR count). The second kappa shape index (κ2) is 10.1. The van der Waals surface area contributed by atoms with Gasteiger partial charge in [-0.2, -0.15) is 0 Å². The second-order valence-electron chi connectivity index (χ2n) is 7.51. The Morgan fingerprint density at radius 3 is 2.13 bits per heavy atom. The molecule has 162 valence electrons. The van der Waals surface area contributed by atoms with E-state index in [9.17, 15) is 13.2 Å². The van der Waals surface area contributed by atoms with E-state index in [-0.39, 0.29) is 10.8 Å². The number of nitrogens with one attached hydrogen (secondary N) is 2. The number of para-hydroxylation sites is 1. The summed E-state index contributed by atoms with van der Waals surface area (Å²) >= 11 is 0. The van der Waals surface area contributed by atoms with E-state index >= 15 is 0 Å². The molecule has 0 saturated heterocycles. The largest absolute Gasteiger partial charge is 0.494 e. The highest BCUT2D eigenvalue weighted by Gasteiger charge is 2.14. The molecule has 0 heterocycles. The standard InChI is InChI=1S/C24H26N2O4S/c1-18(2)16-17-30-22-12-8-19(9-13-22)24(27)25-20-10-14-23(15-11-20)31(28,29)26-21-6-4-3-5-7-21/h3-15,18,26H,16-17H2,1-2H3,(H,25,27). The van der Waals surface area contributed by atoms with E-state index in [2.05, 4.69) is 23.9 Å². The number of carbonyl (C=O) groups excluding carboxylic acids is 1. The van der Waals surface area contributed by atoms with Crippen LogP contribution in [0.4, 0.5) is 11.4 Å². The zero-order chi connectivity index (χ0) is 22.3. The molecule has 3 aromatic carbocycles. The van der Waals surface area contributed by atoms with Crippen LogP contribution in [0.5, 0.6) is 5.75 Å². The fourth-order valence-electron chi connectivity index (χ4n) is 2.76. The first-order valence-corrected chi connectivity index (χ1v) is 11.5. The highest BCUT2D eigenvalue weighted by atomic mass is 32.2. The zero-order valence-corrected chi connectivity index (χ0v) is 18.4. The lowest BCUT2D eigenvalue weighted by atomic mass is 10.1. The third-order valence-corrected chi connectivity index (χ3v) is 5.93. The molecule has 2 N–H and O–H groups in total. The maximum atomic E-state index is 12.5. The van der Waals surface area contributed by atoms with Crippen LogP contribution in [0.15, 0.2) is 83.8 Å². The third kappa shape index (κ3) is 6.58. The molecule has 7 heteroatoms. The van der Waals surface area contributed by atoms with Crippen molar-refractivity contribution < 1.29 is 17.9 Å². The van der Waals surface area contributed by atoms with Crippen molar-refractivity contribution in [1.82, 2.24) is 0 Å². The third-order valence-electron chi connectivity index (χ3n) is 4.53. The monoisotopic (exact) mass is 438 g/mol. The summed E-state index contributed by atoms with van der Waals surface area (Å²) in [6.07, 6.45) is 0.967. The van der Waals surface area contributed by atoms with Crippen molar-refractivity contribution in [3.63, 3.8) is 0 Å². The van der Waals surface area contributed by atoms with E-state index in [1.165, 1.54) is 12.1 Å². The van der Waals surface area contributed by atoms with Crippen LogP contribution in [0.2, 0.25) is 0 Å². The minimum absolute atomic E-state index is 0.109. The van der Waals surface area contributed by atoms with Gasteiger partial charge in [-0.1, -0.05) is 32.0 Å². The first-order chi connectivity index (χ1) is 14.8. The van der Waals surface area contributed by atoms with E-state index in [1.54, 1.807) is 60.7 Å². The number of sulfonamides is 1. The molecule has 31 heavy (non-hydrogen) atoms. The van der Waals surface area contributed by atoms with Crippen LogP contribution in [0.25, 0.3) is 0 Å². The Labute approximate surface area is 183 Å². The van der Waals surface area contributed by atoms with Crippen LogP contribution in [0.3, 0.4) is 0 Å². The molecule has 0 spiro atoms. The number of hydrogen-bond donors (Lipinski definition) is 2. The number of carbonyl (C=O) groups is 1. The van der Waals surface area contributed by atoms with E-state index in [4.69, 9.17) is 4.74 Å². The summed E-state index contributed by atoms with van der Waals surface area (Å²) in [5.74, 6) is 1.00. The Hall–Kier alpha value is -3.32. The van der Waals surface area contributed by atoms with Gasteiger partial charge >= 0.3 is 0 Å². The topological polar surface area (TPSA) is 84.5 Å². The molecule has 0 atom stereocenters. The van der Waals surface area contributed by atoms with Crippen molar-refractivity contribution in [1.29, 1.82) is 0 Å². The predicted octanol–water partition coefficient (Wildman–Crippen LogP) is 5.16. The van der Waals surface area contributed by atoms with E-state index in [0.717, 1.165) is 12.2 Å². The second-order valence-corrected chi connectivity index (χ2v) is 9.19. The number of ether oxygens (including phenoxy) is 1. The van der Waals surface area contributed by atoms with Crippen molar-refractivity contribution in [2.75, 3.05) is 16.6 Å². The molecule has 6 nitrogen and oxygen atoms in total. The van der Waals surface area contributed by atoms with Crippen molar-refractivity contribution >= 4 is 27.3 Å². The van der Waals surface area contributed by atoms with Gasteiger partial charge < -0.3 is 10.1 Å². The van der Waals surface area contributed by atoms with Crippen LogP contribution >= 0.6 is 0 Å². The van der Waals surface area contributed by atoms with Crippen LogP contribution in [-0.4, -0.2) is 20.9 Å². The molecule has 0 saturated carbocycles. The lowest BCUT2D eigenvalue weighted by molar-refractivity contribution is 0.102. The van der Waals surface area contributed by atoms with Gasteiger partial charge in [-0.05, 0) is 73.0 Å². The average Bonchev–Trinajstić information content (AvgIpc) is 2.75. The number of amides is 1. The SMILES string of the molecule is CC(C)CCOc1ccc(C(=O)Nc2ccc(S(=O)(=O)Nc3ccccc3)cc2)cc1. The summed E-state index contributed by atoms with van der Waals surface area (Å²) in [5.41, 5.74) is 1.47. The van der Waals surface area contributed by atoms with E-state index < -0.39 is 10.0 Å². The van der Waals surface area contributed by atoms with Gasteiger partial charge in [0.2, 0.25) is 0 Å². The van der Waals surface area contributed by atoms with Crippen LogP contribution in [-0.2, 0) is 10.0 Å². The lowest BCUT2D eigenvalue weighted by Crippen LogP contribution is -2.14. The molecule has 3 aromatic rings. The summed E-state index contributed by atoms with van der Waals surface area (Å²) in [7, 11) is -3.71. The highest BCUT2D eigenvalue weighted by Crippen LogP contribution is 2.19. The van der Waals surface area contributed by atoms with Crippen LogP contribution < -0.4 is 14.8 Å². The molecule has 0 aliphatic carbocycles. The van der Waals surface area contributed by atoms with Gasteiger partial charge in [0.15, 0.2) is 0 Å². The van der Waals surface area contributed by atoms with E-state index in [0.29, 0.717) is 29.5 Å². The van der Waals surface area contributed by atoms with Crippen LogP contribution in [0, 0.1) is 5.92 Å². The number of rotatable bonds is 9. The maximum Gasteiger partial charge on any atom is 0.261 e. The number of anilines is 2. The molecular formula is C24H26N2O4S.